The maximum Gasteiger partial charge on any atom is 0.251 e. The number of anilines is 1. The minimum absolute atomic E-state index is 0.159. The highest BCUT2D eigenvalue weighted by Gasteiger charge is 2.33. The van der Waals surface area contributed by atoms with Gasteiger partial charge in [-0.3, -0.25) is 4.79 Å². The van der Waals surface area contributed by atoms with Crippen LogP contribution in [0.1, 0.15) is 29.7 Å². The predicted octanol–water partition coefficient (Wildman–Crippen LogP) is 5.12. The molecule has 0 fully saturated rings. The van der Waals surface area contributed by atoms with E-state index in [-0.39, 0.29) is 5.91 Å². The number of nitrogens with zero attached hydrogens (tertiary/aromatic N) is 3. The van der Waals surface area contributed by atoms with E-state index in [9.17, 15) is 4.79 Å². The summed E-state index contributed by atoms with van der Waals surface area (Å²) in [5.74, 6) is 1.16. The van der Waals surface area contributed by atoms with Crippen LogP contribution in [-0.4, -0.2) is 20.7 Å². The van der Waals surface area contributed by atoms with Crippen LogP contribution in [0.2, 0.25) is 5.02 Å². The number of amides is 1. The Bertz CT molecular complexity index is 1350. The molecule has 7 nitrogen and oxygen atoms in total. The van der Waals surface area contributed by atoms with Gasteiger partial charge in [0.2, 0.25) is 5.95 Å². The van der Waals surface area contributed by atoms with Crippen molar-refractivity contribution >= 4 is 23.5 Å². The van der Waals surface area contributed by atoms with Crippen molar-refractivity contribution in [3.63, 3.8) is 0 Å². The number of ether oxygens (including phenoxy) is 1. The summed E-state index contributed by atoms with van der Waals surface area (Å²) >= 11 is 5.95. The molecule has 0 saturated heterocycles. The molecule has 1 unspecified atom stereocenters. The lowest BCUT2D eigenvalue weighted by molar-refractivity contribution is -0.118. The lowest BCUT2D eigenvalue weighted by atomic mass is 9.95. The van der Waals surface area contributed by atoms with Crippen LogP contribution in [0, 0.1) is 0 Å². The summed E-state index contributed by atoms with van der Waals surface area (Å²) in [6.45, 7) is 2.75. The van der Waals surface area contributed by atoms with Gasteiger partial charge >= 0.3 is 0 Å². The largest absolute Gasteiger partial charge is 0.489 e. The van der Waals surface area contributed by atoms with Crippen molar-refractivity contribution in [2.24, 2.45) is 0 Å². The van der Waals surface area contributed by atoms with Gasteiger partial charge in [0, 0.05) is 17.3 Å². The Morgan fingerprint density at radius 2 is 1.77 bits per heavy atom. The second kappa shape index (κ2) is 10.0. The number of benzene rings is 3. The summed E-state index contributed by atoms with van der Waals surface area (Å²) in [5, 5.41) is 11.3. The third-order valence-electron chi connectivity index (χ3n) is 5.85. The highest BCUT2D eigenvalue weighted by atomic mass is 35.5. The van der Waals surface area contributed by atoms with Gasteiger partial charge < -0.3 is 15.4 Å². The van der Waals surface area contributed by atoms with Gasteiger partial charge in [0.15, 0.2) is 0 Å². The number of allylic oxidation sites excluding steroid dienone is 1. The predicted molar refractivity (Wildman–Crippen MR) is 135 cm³/mol. The zero-order valence-corrected chi connectivity index (χ0v) is 19.9. The fourth-order valence-corrected chi connectivity index (χ4v) is 4.19. The average Bonchev–Trinajstić information content (AvgIpc) is 3.35. The Morgan fingerprint density at radius 1 is 1.03 bits per heavy atom. The molecule has 1 aliphatic heterocycles. The number of fused-ring (bicyclic) bond motifs is 1. The van der Waals surface area contributed by atoms with Crippen LogP contribution >= 0.6 is 11.6 Å². The van der Waals surface area contributed by atoms with Gasteiger partial charge in [-0.1, -0.05) is 66.2 Å². The van der Waals surface area contributed by atoms with Crippen molar-refractivity contribution in [3.8, 4) is 5.75 Å². The van der Waals surface area contributed by atoms with E-state index < -0.39 is 6.04 Å². The van der Waals surface area contributed by atoms with Crippen molar-refractivity contribution in [2.45, 2.75) is 26.1 Å². The van der Waals surface area contributed by atoms with Crippen molar-refractivity contribution in [2.75, 3.05) is 5.32 Å². The molecule has 35 heavy (non-hydrogen) atoms. The van der Waals surface area contributed by atoms with Gasteiger partial charge in [-0.05, 0) is 47.9 Å². The molecule has 1 amide bonds. The monoisotopic (exact) mass is 485 g/mol. The van der Waals surface area contributed by atoms with Crippen molar-refractivity contribution in [1.82, 2.24) is 20.1 Å². The molecule has 1 aromatic heterocycles. The number of nitrogens with one attached hydrogen (secondary N) is 2. The molecule has 2 N–H and O–H groups in total. The molecule has 3 aromatic carbocycles. The van der Waals surface area contributed by atoms with E-state index in [0.29, 0.717) is 29.7 Å². The van der Waals surface area contributed by atoms with Crippen molar-refractivity contribution in [3.05, 3.63) is 118 Å². The number of halogens is 1. The number of carbonyl (C=O) groups excluding carboxylic acids is 1. The second-order valence-electron chi connectivity index (χ2n) is 8.25. The van der Waals surface area contributed by atoms with Gasteiger partial charge in [-0.25, -0.2) is 4.68 Å². The van der Waals surface area contributed by atoms with Crippen LogP contribution in [0.5, 0.6) is 5.75 Å². The zero-order valence-electron chi connectivity index (χ0n) is 19.1. The Morgan fingerprint density at radius 3 is 2.51 bits per heavy atom. The normalized spacial score (nSPS) is 14.7. The SMILES string of the molecule is CC1=C(C(=O)NCc2ccccc2)C(c2ccc(OCc3ccc(Cl)cc3)cc2)n2ncnc2N1. The molecule has 5 rings (SSSR count). The first-order valence-electron chi connectivity index (χ1n) is 11.2. The molecule has 1 atom stereocenters. The van der Waals surface area contributed by atoms with E-state index in [2.05, 4.69) is 20.7 Å². The fraction of sp³-hybridized carbons (Fsp3) is 0.148. The summed E-state index contributed by atoms with van der Waals surface area (Å²) in [6.07, 6.45) is 1.48. The summed E-state index contributed by atoms with van der Waals surface area (Å²) in [5.41, 5.74) is 4.29. The molecule has 2 heterocycles. The van der Waals surface area contributed by atoms with E-state index in [1.807, 2.05) is 85.8 Å². The van der Waals surface area contributed by atoms with Crippen LogP contribution in [0.3, 0.4) is 0 Å². The Kier molecular flexibility index (Phi) is 6.50. The van der Waals surface area contributed by atoms with Gasteiger partial charge in [-0.2, -0.15) is 10.1 Å². The summed E-state index contributed by atoms with van der Waals surface area (Å²) in [7, 11) is 0. The van der Waals surface area contributed by atoms with E-state index in [0.717, 1.165) is 28.1 Å². The Balaban J connectivity index is 1.36. The fourth-order valence-electron chi connectivity index (χ4n) is 4.06. The molecule has 176 valence electrons. The standard InChI is InChI=1S/C27H24ClN5O2/c1-18-24(26(34)29-15-19-5-3-2-4-6-19)25(33-27(32-18)30-17-31-33)21-9-13-23(14-10-21)35-16-20-7-11-22(28)12-8-20/h2-14,17,25H,15-16H2,1H3,(H,29,34)(H,30,31,32). The lowest BCUT2D eigenvalue weighted by Gasteiger charge is -2.28. The molecule has 1 aliphatic rings. The molecule has 4 aromatic rings. The maximum atomic E-state index is 13.3. The van der Waals surface area contributed by atoms with E-state index in [1.54, 1.807) is 4.68 Å². The van der Waals surface area contributed by atoms with Gasteiger partial charge in [-0.15, -0.1) is 0 Å². The lowest BCUT2D eigenvalue weighted by Crippen LogP contribution is -2.34. The molecule has 0 radical (unpaired) electrons. The number of hydrogen-bond acceptors (Lipinski definition) is 5. The Labute approximate surface area is 208 Å². The highest BCUT2D eigenvalue weighted by Crippen LogP contribution is 2.35. The van der Waals surface area contributed by atoms with E-state index in [4.69, 9.17) is 16.3 Å². The second-order valence-corrected chi connectivity index (χ2v) is 8.68. The van der Waals surface area contributed by atoms with E-state index in [1.165, 1.54) is 6.33 Å². The Hall–Kier alpha value is -4.10. The first kappa shape index (κ1) is 22.7. The molecule has 0 saturated carbocycles. The molecule has 0 spiro atoms. The minimum Gasteiger partial charge on any atom is -0.489 e. The average molecular weight is 486 g/mol. The number of carbonyl (C=O) groups is 1. The first-order chi connectivity index (χ1) is 17.1. The van der Waals surface area contributed by atoms with Crippen LogP contribution in [0.25, 0.3) is 0 Å². The highest BCUT2D eigenvalue weighted by molar-refractivity contribution is 6.30. The third kappa shape index (κ3) is 5.05. The minimum atomic E-state index is -0.421. The molecule has 0 aliphatic carbocycles. The van der Waals surface area contributed by atoms with Gasteiger partial charge in [0.25, 0.3) is 5.91 Å². The summed E-state index contributed by atoms with van der Waals surface area (Å²) in [6, 6.07) is 24.7. The van der Waals surface area contributed by atoms with Crippen LogP contribution < -0.4 is 15.4 Å². The smallest absolute Gasteiger partial charge is 0.251 e. The van der Waals surface area contributed by atoms with Gasteiger partial charge in [0.1, 0.15) is 24.7 Å². The first-order valence-corrected chi connectivity index (χ1v) is 11.6. The molecule has 8 heteroatoms. The van der Waals surface area contributed by atoms with Crippen LogP contribution in [0.15, 0.2) is 96.5 Å². The number of aromatic nitrogens is 3. The molecular formula is C27H24ClN5O2. The van der Waals surface area contributed by atoms with E-state index >= 15 is 0 Å². The topological polar surface area (TPSA) is 81.1 Å². The zero-order chi connectivity index (χ0) is 24.2. The molecule has 0 bridgehead atoms. The third-order valence-corrected chi connectivity index (χ3v) is 6.10. The molecular weight excluding hydrogens is 462 g/mol. The number of hydrogen-bond donors (Lipinski definition) is 2. The summed E-state index contributed by atoms with van der Waals surface area (Å²) in [4.78, 5) is 17.6. The summed E-state index contributed by atoms with van der Waals surface area (Å²) < 4.78 is 7.66. The van der Waals surface area contributed by atoms with Crippen molar-refractivity contribution in [1.29, 1.82) is 0 Å². The van der Waals surface area contributed by atoms with Crippen molar-refractivity contribution < 1.29 is 9.53 Å². The number of rotatable bonds is 7. The van der Waals surface area contributed by atoms with Gasteiger partial charge in [0.05, 0.1) is 5.57 Å². The van der Waals surface area contributed by atoms with Crippen LogP contribution in [0.4, 0.5) is 5.95 Å². The quantitative estimate of drug-likeness (QED) is 0.380. The maximum absolute atomic E-state index is 13.3. The van der Waals surface area contributed by atoms with Crippen LogP contribution in [-0.2, 0) is 17.9 Å².